The smallest absolute Gasteiger partial charge is 0.313 e. The van der Waals surface area contributed by atoms with Crippen molar-refractivity contribution < 1.29 is 19.1 Å². The molecular weight excluding hydrogens is 456 g/mol. The van der Waals surface area contributed by atoms with E-state index in [0.29, 0.717) is 17.2 Å². The lowest BCUT2D eigenvalue weighted by Crippen LogP contribution is -2.41. The van der Waals surface area contributed by atoms with Gasteiger partial charge in [-0.1, -0.05) is 30.3 Å². The fourth-order valence-corrected chi connectivity index (χ4v) is 4.46. The third kappa shape index (κ3) is 5.38. The Kier molecular flexibility index (Phi) is 7.63. The van der Waals surface area contributed by atoms with Gasteiger partial charge in [-0.25, -0.2) is 0 Å². The molecular formula is C28H32N4O4. The number of amides is 2. The number of para-hydroxylation sites is 1. The molecule has 1 aliphatic rings. The van der Waals surface area contributed by atoms with Gasteiger partial charge in [0.25, 0.3) is 0 Å². The number of methoxy groups -OCH3 is 2. The minimum absolute atomic E-state index is 0.123. The molecule has 4 rings (SSSR count). The molecule has 36 heavy (non-hydrogen) atoms. The summed E-state index contributed by atoms with van der Waals surface area (Å²) in [6.07, 6.45) is 0.941. The fourth-order valence-electron chi connectivity index (χ4n) is 4.46. The predicted octanol–water partition coefficient (Wildman–Crippen LogP) is 3.63. The van der Waals surface area contributed by atoms with Crippen LogP contribution in [0.25, 0.3) is 0 Å². The molecule has 1 aliphatic heterocycles. The Labute approximate surface area is 211 Å². The van der Waals surface area contributed by atoms with Crippen LogP contribution in [0.2, 0.25) is 0 Å². The zero-order chi connectivity index (χ0) is 25.7. The molecule has 0 bridgehead atoms. The average Bonchev–Trinajstić information content (AvgIpc) is 3.32. The van der Waals surface area contributed by atoms with Gasteiger partial charge in [0.05, 0.1) is 20.3 Å². The topological polar surface area (TPSA) is 83.1 Å². The van der Waals surface area contributed by atoms with Crippen LogP contribution < -0.4 is 29.9 Å². The molecule has 0 radical (unpaired) electrons. The highest BCUT2D eigenvalue weighted by Gasteiger charge is 2.28. The molecule has 188 valence electrons. The molecule has 8 heteroatoms. The highest BCUT2D eigenvalue weighted by atomic mass is 16.5. The van der Waals surface area contributed by atoms with Crippen molar-refractivity contribution >= 4 is 28.9 Å². The summed E-state index contributed by atoms with van der Waals surface area (Å²) in [5.41, 5.74) is 5.04. The maximum Gasteiger partial charge on any atom is 0.313 e. The Morgan fingerprint density at radius 2 is 1.67 bits per heavy atom. The molecule has 0 spiro atoms. The number of nitrogens with zero attached hydrogens (tertiary/aromatic N) is 2. The first kappa shape index (κ1) is 24.9. The fraction of sp³-hybridized carbons (Fsp3) is 0.286. The number of ether oxygens (including phenoxy) is 2. The van der Waals surface area contributed by atoms with E-state index in [-0.39, 0.29) is 12.6 Å². The number of hydrogen-bond acceptors (Lipinski definition) is 6. The van der Waals surface area contributed by atoms with Crippen LogP contribution in [0.15, 0.2) is 66.7 Å². The van der Waals surface area contributed by atoms with Crippen LogP contribution in [0.1, 0.15) is 17.2 Å². The van der Waals surface area contributed by atoms with Gasteiger partial charge in [0.15, 0.2) is 11.5 Å². The molecule has 3 aromatic carbocycles. The Bertz CT molecular complexity index is 1230. The van der Waals surface area contributed by atoms with E-state index in [1.165, 1.54) is 19.8 Å². The Hall–Kier alpha value is -4.20. The number of carbonyl (C=O) groups is 2. The summed E-state index contributed by atoms with van der Waals surface area (Å²) in [6, 6.07) is 21.4. The first-order valence-corrected chi connectivity index (χ1v) is 11.8. The average molecular weight is 489 g/mol. The summed E-state index contributed by atoms with van der Waals surface area (Å²) < 4.78 is 10.5. The molecule has 1 heterocycles. The number of fused-ring (bicyclic) bond motifs is 1. The standard InChI is InChI=1S/C28H32N4O4/c1-31(2)22-12-9-20(10-13-22)24(32-16-15-19-7-5-6-8-23(19)32)18-29-27(33)28(34)30-21-11-14-25(35-3)26(17-21)36-4/h5-14,17,24H,15-16,18H2,1-4H3,(H,29,33)(H,30,34). The predicted molar refractivity (Wildman–Crippen MR) is 142 cm³/mol. The van der Waals surface area contributed by atoms with Crippen LogP contribution in [-0.4, -0.2) is 53.2 Å². The van der Waals surface area contributed by atoms with Crippen molar-refractivity contribution in [1.29, 1.82) is 0 Å². The molecule has 2 N–H and O–H groups in total. The summed E-state index contributed by atoms with van der Waals surface area (Å²) in [6.45, 7) is 1.13. The molecule has 0 aliphatic carbocycles. The molecule has 0 aromatic heterocycles. The van der Waals surface area contributed by atoms with E-state index in [1.54, 1.807) is 18.2 Å². The van der Waals surface area contributed by atoms with Gasteiger partial charge in [-0.05, 0) is 47.9 Å². The number of anilines is 3. The van der Waals surface area contributed by atoms with Crippen molar-refractivity contribution in [3.63, 3.8) is 0 Å². The molecule has 2 amide bonds. The van der Waals surface area contributed by atoms with Crippen molar-refractivity contribution in [2.75, 3.05) is 56.5 Å². The van der Waals surface area contributed by atoms with E-state index in [0.717, 1.165) is 29.9 Å². The quantitative estimate of drug-likeness (QED) is 0.471. The minimum Gasteiger partial charge on any atom is -0.493 e. The van der Waals surface area contributed by atoms with Crippen LogP contribution in [0.4, 0.5) is 17.1 Å². The van der Waals surface area contributed by atoms with Crippen LogP contribution in [-0.2, 0) is 16.0 Å². The second kappa shape index (κ2) is 11.0. The molecule has 0 saturated heterocycles. The zero-order valence-corrected chi connectivity index (χ0v) is 21.1. The number of hydrogen-bond donors (Lipinski definition) is 2. The SMILES string of the molecule is COc1ccc(NC(=O)C(=O)NCC(c2ccc(N(C)C)cc2)N2CCc3ccccc32)cc1OC. The van der Waals surface area contributed by atoms with E-state index >= 15 is 0 Å². The number of rotatable bonds is 8. The largest absolute Gasteiger partial charge is 0.493 e. The Morgan fingerprint density at radius 1 is 0.944 bits per heavy atom. The Balaban J connectivity index is 1.49. The second-order valence-corrected chi connectivity index (χ2v) is 8.81. The lowest BCUT2D eigenvalue weighted by atomic mass is 10.0. The summed E-state index contributed by atoms with van der Waals surface area (Å²) >= 11 is 0. The number of nitrogens with one attached hydrogen (secondary N) is 2. The first-order valence-electron chi connectivity index (χ1n) is 11.8. The summed E-state index contributed by atoms with van der Waals surface area (Å²) in [7, 11) is 7.05. The molecule has 0 saturated carbocycles. The van der Waals surface area contributed by atoms with Gasteiger partial charge in [0.2, 0.25) is 0 Å². The molecule has 1 unspecified atom stereocenters. The first-order chi connectivity index (χ1) is 17.4. The lowest BCUT2D eigenvalue weighted by molar-refractivity contribution is -0.136. The van der Waals surface area contributed by atoms with Crippen molar-refractivity contribution in [1.82, 2.24) is 5.32 Å². The summed E-state index contributed by atoms with van der Waals surface area (Å²) in [5, 5.41) is 5.47. The third-order valence-corrected chi connectivity index (χ3v) is 6.40. The van der Waals surface area contributed by atoms with Gasteiger partial charge >= 0.3 is 11.8 Å². The highest BCUT2D eigenvalue weighted by Crippen LogP contribution is 2.35. The zero-order valence-electron chi connectivity index (χ0n) is 21.1. The van der Waals surface area contributed by atoms with E-state index < -0.39 is 11.8 Å². The van der Waals surface area contributed by atoms with Crippen molar-refractivity contribution in [3.8, 4) is 11.5 Å². The molecule has 8 nitrogen and oxygen atoms in total. The van der Waals surface area contributed by atoms with Crippen LogP contribution in [0.5, 0.6) is 11.5 Å². The van der Waals surface area contributed by atoms with Crippen molar-refractivity contribution in [2.24, 2.45) is 0 Å². The van der Waals surface area contributed by atoms with Gasteiger partial charge < -0.3 is 29.9 Å². The third-order valence-electron chi connectivity index (χ3n) is 6.40. The second-order valence-electron chi connectivity index (χ2n) is 8.81. The highest BCUT2D eigenvalue weighted by molar-refractivity contribution is 6.39. The molecule has 1 atom stereocenters. The van der Waals surface area contributed by atoms with E-state index in [1.807, 2.05) is 31.1 Å². The number of carbonyl (C=O) groups excluding carboxylic acids is 2. The minimum atomic E-state index is -0.745. The maximum atomic E-state index is 12.8. The molecule has 0 fully saturated rings. The van der Waals surface area contributed by atoms with Gasteiger partial charge in [-0.3, -0.25) is 9.59 Å². The van der Waals surface area contributed by atoms with Gasteiger partial charge in [-0.15, -0.1) is 0 Å². The van der Waals surface area contributed by atoms with Crippen molar-refractivity contribution in [2.45, 2.75) is 12.5 Å². The monoisotopic (exact) mass is 488 g/mol. The van der Waals surface area contributed by atoms with Gasteiger partial charge in [0.1, 0.15) is 0 Å². The van der Waals surface area contributed by atoms with Gasteiger partial charge in [-0.2, -0.15) is 0 Å². The van der Waals surface area contributed by atoms with E-state index in [4.69, 9.17) is 9.47 Å². The van der Waals surface area contributed by atoms with E-state index in [2.05, 4.69) is 51.9 Å². The van der Waals surface area contributed by atoms with Crippen LogP contribution >= 0.6 is 0 Å². The number of benzene rings is 3. The molecule has 3 aromatic rings. The van der Waals surface area contributed by atoms with Gasteiger partial charge in [0, 0.05) is 50.3 Å². The lowest BCUT2D eigenvalue weighted by Gasteiger charge is -2.31. The maximum absolute atomic E-state index is 12.8. The van der Waals surface area contributed by atoms with E-state index in [9.17, 15) is 9.59 Å². The van der Waals surface area contributed by atoms with Crippen molar-refractivity contribution in [3.05, 3.63) is 77.9 Å². The summed E-state index contributed by atoms with van der Waals surface area (Å²) in [4.78, 5) is 29.7. The normalized spacial score (nSPS) is 12.9. The van der Waals surface area contributed by atoms with Crippen LogP contribution in [0, 0.1) is 0 Å². The Morgan fingerprint density at radius 3 is 2.36 bits per heavy atom. The summed E-state index contributed by atoms with van der Waals surface area (Å²) in [5.74, 6) is -0.448. The van der Waals surface area contributed by atoms with Crippen LogP contribution in [0.3, 0.4) is 0 Å².